The van der Waals surface area contributed by atoms with E-state index in [0.29, 0.717) is 11.3 Å². The third-order valence-electron chi connectivity index (χ3n) is 4.46. The van der Waals surface area contributed by atoms with Crippen LogP contribution in [0.15, 0.2) is 61.3 Å². The Hall–Kier alpha value is -3.96. The predicted octanol–water partition coefficient (Wildman–Crippen LogP) is 5.01. The molecular formula is C20H12F6N6. The lowest BCUT2D eigenvalue weighted by Gasteiger charge is -2.13. The number of anilines is 1. The smallest absolute Gasteiger partial charge is 0.368 e. The minimum Gasteiger partial charge on any atom is -0.368 e. The Balaban J connectivity index is 1.77. The molecule has 0 fully saturated rings. The molecule has 0 amide bonds. The number of nitrogens with zero attached hydrogens (tertiary/aromatic N) is 5. The number of rotatable bonds is 3. The summed E-state index contributed by atoms with van der Waals surface area (Å²) in [4.78, 5) is 16.0. The Labute approximate surface area is 176 Å². The highest BCUT2D eigenvalue weighted by atomic mass is 19.4. The van der Waals surface area contributed by atoms with Gasteiger partial charge in [-0.25, -0.2) is 19.9 Å². The molecule has 12 heteroatoms. The number of pyridine rings is 1. The molecule has 0 bridgehead atoms. The van der Waals surface area contributed by atoms with Crippen molar-refractivity contribution in [3.63, 3.8) is 0 Å². The van der Waals surface area contributed by atoms with Crippen LogP contribution in [-0.2, 0) is 12.4 Å². The van der Waals surface area contributed by atoms with Crippen molar-refractivity contribution < 1.29 is 26.3 Å². The number of hydrogen-bond donors (Lipinski definition) is 1. The fourth-order valence-corrected chi connectivity index (χ4v) is 2.86. The number of halogens is 6. The Kier molecular flexibility index (Phi) is 5.07. The third-order valence-corrected chi connectivity index (χ3v) is 4.46. The van der Waals surface area contributed by atoms with Crippen molar-refractivity contribution in [3.8, 4) is 28.3 Å². The second-order valence-electron chi connectivity index (χ2n) is 6.67. The summed E-state index contributed by atoms with van der Waals surface area (Å²) in [5.74, 6) is -0.0706. The molecule has 0 unspecified atom stereocenters. The van der Waals surface area contributed by atoms with Crippen LogP contribution in [0.3, 0.4) is 0 Å². The topological polar surface area (TPSA) is 82.5 Å². The average Bonchev–Trinajstić information content (AvgIpc) is 3.23. The summed E-state index contributed by atoms with van der Waals surface area (Å²) in [5, 5.41) is 0. The minimum absolute atomic E-state index is 0.0499. The summed E-state index contributed by atoms with van der Waals surface area (Å²) in [6.45, 7) is 0. The van der Waals surface area contributed by atoms with Gasteiger partial charge in [0.25, 0.3) is 0 Å². The molecule has 3 heterocycles. The molecule has 0 aliphatic heterocycles. The molecule has 0 saturated carbocycles. The number of benzene rings is 1. The first-order valence-corrected chi connectivity index (χ1v) is 8.90. The summed E-state index contributed by atoms with van der Waals surface area (Å²) >= 11 is 0. The Morgan fingerprint density at radius 3 is 1.94 bits per heavy atom. The van der Waals surface area contributed by atoms with Crippen molar-refractivity contribution in [2.24, 2.45) is 0 Å². The van der Waals surface area contributed by atoms with Gasteiger partial charge < -0.3 is 5.73 Å². The van der Waals surface area contributed by atoms with E-state index in [9.17, 15) is 26.3 Å². The SMILES string of the molecule is Nc1ncc(-c2cn(-c3cc(C(F)(F)F)cc(-c4ccc(C(F)(F)F)cc4)n3)cn2)cn1. The first-order valence-electron chi connectivity index (χ1n) is 8.90. The van der Waals surface area contributed by atoms with E-state index < -0.39 is 23.5 Å². The van der Waals surface area contributed by atoms with E-state index in [1.165, 1.54) is 29.5 Å². The summed E-state index contributed by atoms with van der Waals surface area (Å²) in [6, 6.07) is 5.30. The fourth-order valence-electron chi connectivity index (χ4n) is 2.86. The molecule has 0 spiro atoms. The van der Waals surface area contributed by atoms with Gasteiger partial charge in [0.05, 0.1) is 22.5 Å². The van der Waals surface area contributed by atoms with Crippen molar-refractivity contribution in [2.75, 3.05) is 5.73 Å². The molecule has 0 atom stereocenters. The van der Waals surface area contributed by atoms with Crippen LogP contribution in [0, 0.1) is 0 Å². The first kappa shape index (κ1) is 21.3. The lowest BCUT2D eigenvalue weighted by Crippen LogP contribution is -2.08. The molecule has 4 aromatic rings. The normalized spacial score (nSPS) is 12.2. The molecule has 1 aromatic carbocycles. The van der Waals surface area contributed by atoms with E-state index in [1.54, 1.807) is 0 Å². The second kappa shape index (κ2) is 7.62. The summed E-state index contributed by atoms with van der Waals surface area (Å²) in [5.41, 5.74) is 4.30. The minimum atomic E-state index is -4.70. The summed E-state index contributed by atoms with van der Waals surface area (Å²) in [7, 11) is 0. The molecule has 0 aliphatic rings. The van der Waals surface area contributed by atoms with Crippen LogP contribution < -0.4 is 5.73 Å². The number of nitrogens with two attached hydrogens (primary N) is 1. The zero-order chi connectivity index (χ0) is 23.1. The van der Waals surface area contributed by atoms with Gasteiger partial charge in [-0.1, -0.05) is 12.1 Å². The number of hydrogen-bond acceptors (Lipinski definition) is 5. The quantitative estimate of drug-likeness (QED) is 0.444. The fraction of sp³-hybridized carbons (Fsp3) is 0.100. The number of aromatic nitrogens is 5. The van der Waals surface area contributed by atoms with Gasteiger partial charge in [0.2, 0.25) is 5.95 Å². The maximum atomic E-state index is 13.5. The van der Waals surface area contributed by atoms with Gasteiger partial charge >= 0.3 is 12.4 Å². The van der Waals surface area contributed by atoms with Crippen molar-refractivity contribution >= 4 is 5.95 Å². The van der Waals surface area contributed by atoms with Crippen molar-refractivity contribution in [1.82, 2.24) is 24.5 Å². The van der Waals surface area contributed by atoms with Crippen molar-refractivity contribution in [3.05, 3.63) is 72.4 Å². The molecule has 0 saturated heterocycles. The maximum absolute atomic E-state index is 13.5. The van der Waals surface area contributed by atoms with E-state index in [2.05, 4.69) is 19.9 Å². The van der Waals surface area contributed by atoms with E-state index in [4.69, 9.17) is 5.73 Å². The zero-order valence-corrected chi connectivity index (χ0v) is 15.9. The predicted molar refractivity (Wildman–Crippen MR) is 102 cm³/mol. The highest BCUT2D eigenvalue weighted by Crippen LogP contribution is 2.35. The van der Waals surface area contributed by atoms with Crippen LogP contribution in [0.4, 0.5) is 32.3 Å². The molecule has 164 valence electrons. The van der Waals surface area contributed by atoms with E-state index in [1.807, 2.05) is 0 Å². The Morgan fingerprint density at radius 2 is 1.34 bits per heavy atom. The van der Waals surface area contributed by atoms with Gasteiger partial charge in [-0.05, 0) is 24.3 Å². The second-order valence-corrected chi connectivity index (χ2v) is 6.67. The summed E-state index contributed by atoms with van der Waals surface area (Å²) in [6.07, 6.45) is -3.78. The van der Waals surface area contributed by atoms with Crippen LogP contribution in [0.2, 0.25) is 0 Å². The van der Waals surface area contributed by atoms with E-state index in [-0.39, 0.29) is 23.0 Å². The van der Waals surface area contributed by atoms with Crippen LogP contribution in [0.5, 0.6) is 0 Å². The lowest BCUT2D eigenvalue weighted by molar-refractivity contribution is -0.138. The summed E-state index contributed by atoms with van der Waals surface area (Å²) < 4.78 is 80.1. The standard InChI is InChI=1S/C20H12F6N6/c21-19(22,23)13-3-1-11(2-4-13)15-5-14(20(24,25)26)6-17(31-15)32-9-16(30-10-32)12-7-28-18(27)29-8-12/h1-10H,(H2,27,28,29). The maximum Gasteiger partial charge on any atom is 0.416 e. The van der Waals surface area contributed by atoms with E-state index >= 15 is 0 Å². The number of alkyl halides is 6. The van der Waals surface area contributed by atoms with Gasteiger partial charge in [0.15, 0.2) is 0 Å². The molecule has 32 heavy (non-hydrogen) atoms. The van der Waals surface area contributed by atoms with Crippen molar-refractivity contribution in [1.29, 1.82) is 0 Å². The molecule has 2 N–H and O–H groups in total. The van der Waals surface area contributed by atoms with Gasteiger partial charge in [-0.2, -0.15) is 26.3 Å². The van der Waals surface area contributed by atoms with Crippen LogP contribution in [0.1, 0.15) is 11.1 Å². The average molecular weight is 450 g/mol. The highest BCUT2D eigenvalue weighted by Gasteiger charge is 2.33. The van der Waals surface area contributed by atoms with Gasteiger partial charge in [-0.15, -0.1) is 0 Å². The third kappa shape index (κ3) is 4.38. The lowest BCUT2D eigenvalue weighted by atomic mass is 10.1. The van der Waals surface area contributed by atoms with Crippen LogP contribution in [-0.4, -0.2) is 24.5 Å². The van der Waals surface area contributed by atoms with Crippen LogP contribution >= 0.6 is 0 Å². The molecule has 3 aromatic heterocycles. The zero-order valence-electron chi connectivity index (χ0n) is 15.9. The molecule has 0 radical (unpaired) electrons. The van der Waals surface area contributed by atoms with Gasteiger partial charge in [-0.3, -0.25) is 4.57 Å². The molecule has 0 aliphatic carbocycles. The van der Waals surface area contributed by atoms with Gasteiger partial charge in [0, 0.05) is 29.7 Å². The first-order chi connectivity index (χ1) is 15.0. The Bertz CT molecular complexity index is 1240. The molecule has 6 nitrogen and oxygen atoms in total. The van der Waals surface area contributed by atoms with E-state index in [0.717, 1.165) is 36.4 Å². The highest BCUT2D eigenvalue weighted by molar-refractivity contribution is 5.63. The van der Waals surface area contributed by atoms with Crippen molar-refractivity contribution in [2.45, 2.75) is 12.4 Å². The molecular weight excluding hydrogens is 438 g/mol. The Morgan fingerprint density at radius 1 is 0.719 bits per heavy atom. The largest absolute Gasteiger partial charge is 0.416 e. The monoisotopic (exact) mass is 450 g/mol. The molecule has 4 rings (SSSR count). The van der Waals surface area contributed by atoms with Crippen LogP contribution in [0.25, 0.3) is 28.3 Å². The van der Waals surface area contributed by atoms with Gasteiger partial charge in [0.1, 0.15) is 12.1 Å². The number of imidazole rings is 1. The number of nitrogen functional groups attached to an aromatic ring is 1.